The van der Waals surface area contributed by atoms with Gasteiger partial charge in [0.1, 0.15) is 0 Å². The number of benzene rings is 2. The van der Waals surface area contributed by atoms with Gasteiger partial charge in [0.15, 0.2) is 0 Å². The van der Waals surface area contributed by atoms with Gasteiger partial charge in [-0.25, -0.2) is 0 Å². The molecule has 23 heavy (non-hydrogen) atoms. The Balaban J connectivity index is 1.85. The van der Waals surface area contributed by atoms with Crippen molar-refractivity contribution in [2.75, 3.05) is 0 Å². The number of fused-ring (bicyclic) bond motifs is 4. The molecule has 2 aromatic rings. The summed E-state index contributed by atoms with van der Waals surface area (Å²) in [5.41, 5.74) is 3.54. The predicted octanol–water partition coefficient (Wildman–Crippen LogP) is 2.25. The fraction of sp³-hybridized carbons (Fsp3) is 0.263. The average Bonchev–Trinajstić information content (AvgIpc) is 2.72. The van der Waals surface area contributed by atoms with E-state index in [-0.39, 0.29) is 17.5 Å². The summed E-state index contributed by atoms with van der Waals surface area (Å²) >= 11 is 0. The largest absolute Gasteiger partial charge is 0.545 e. The van der Waals surface area contributed by atoms with Crippen LogP contribution in [0.15, 0.2) is 42.5 Å². The Labute approximate surface area is 134 Å². The standard InChI is InChI=1S/C19H17NO3/c1-11-9-16-14-7-4-8-15(19(22)23)17(14)18(21)20(16)10-12-5-2-3-6-13(11)12/h2-8,11,16H,9-10H2,1H3,(H,22,23)/p-1. The summed E-state index contributed by atoms with van der Waals surface area (Å²) in [5, 5.41) is 11.4. The number of amides is 1. The fourth-order valence-corrected chi connectivity index (χ4v) is 3.95. The van der Waals surface area contributed by atoms with Gasteiger partial charge in [0.25, 0.3) is 5.91 Å². The van der Waals surface area contributed by atoms with Crippen molar-refractivity contribution in [3.8, 4) is 0 Å². The Morgan fingerprint density at radius 1 is 1.13 bits per heavy atom. The second-order valence-corrected chi connectivity index (χ2v) is 6.34. The van der Waals surface area contributed by atoms with Crippen LogP contribution in [0.5, 0.6) is 0 Å². The number of carbonyl (C=O) groups is 2. The van der Waals surface area contributed by atoms with Crippen molar-refractivity contribution in [2.24, 2.45) is 0 Å². The van der Waals surface area contributed by atoms with Crippen LogP contribution in [0.3, 0.4) is 0 Å². The topological polar surface area (TPSA) is 60.4 Å². The zero-order chi connectivity index (χ0) is 16.1. The fourth-order valence-electron chi connectivity index (χ4n) is 3.95. The van der Waals surface area contributed by atoms with Gasteiger partial charge >= 0.3 is 0 Å². The highest BCUT2D eigenvalue weighted by atomic mass is 16.4. The Morgan fingerprint density at radius 3 is 2.65 bits per heavy atom. The van der Waals surface area contributed by atoms with Gasteiger partial charge in [0.2, 0.25) is 0 Å². The number of hydrogen-bond donors (Lipinski definition) is 0. The third kappa shape index (κ3) is 1.98. The average molecular weight is 306 g/mol. The lowest BCUT2D eigenvalue weighted by atomic mass is 9.89. The van der Waals surface area contributed by atoms with Gasteiger partial charge in [0.05, 0.1) is 17.6 Å². The lowest BCUT2D eigenvalue weighted by Crippen LogP contribution is -2.28. The minimum atomic E-state index is -1.29. The zero-order valence-corrected chi connectivity index (χ0v) is 12.8. The van der Waals surface area contributed by atoms with E-state index in [0.29, 0.717) is 18.0 Å². The Kier molecular flexibility index (Phi) is 3.01. The van der Waals surface area contributed by atoms with Crippen LogP contribution in [-0.4, -0.2) is 16.8 Å². The van der Waals surface area contributed by atoms with Crippen LogP contribution in [0.4, 0.5) is 0 Å². The van der Waals surface area contributed by atoms with Crippen molar-refractivity contribution < 1.29 is 14.7 Å². The molecular formula is C19H16NO3-. The molecule has 0 saturated heterocycles. The Bertz CT molecular complexity index is 827. The SMILES string of the molecule is CC1CC2c3cccc(C(=O)[O-])c3C(=O)N2Cc2ccccc21. The normalized spacial score (nSPS) is 22.1. The van der Waals surface area contributed by atoms with Crippen LogP contribution in [0.2, 0.25) is 0 Å². The van der Waals surface area contributed by atoms with Gasteiger partial charge in [-0.15, -0.1) is 0 Å². The molecule has 116 valence electrons. The molecule has 0 aromatic heterocycles. The number of nitrogens with zero attached hydrogens (tertiary/aromatic N) is 1. The smallest absolute Gasteiger partial charge is 0.255 e. The van der Waals surface area contributed by atoms with Gasteiger partial charge < -0.3 is 14.8 Å². The Morgan fingerprint density at radius 2 is 1.87 bits per heavy atom. The maximum absolute atomic E-state index is 12.9. The molecular weight excluding hydrogens is 290 g/mol. The lowest BCUT2D eigenvalue weighted by molar-refractivity contribution is -0.255. The van der Waals surface area contributed by atoms with Crippen molar-refractivity contribution in [3.63, 3.8) is 0 Å². The quantitative estimate of drug-likeness (QED) is 0.812. The summed E-state index contributed by atoms with van der Waals surface area (Å²) < 4.78 is 0. The van der Waals surface area contributed by atoms with E-state index in [0.717, 1.165) is 17.5 Å². The molecule has 1 amide bonds. The lowest BCUT2D eigenvalue weighted by Gasteiger charge is -2.23. The summed E-state index contributed by atoms with van der Waals surface area (Å²) in [5.74, 6) is -1.18. The van der Waals surface area contributed by atoms with Crippen molar-refractivity contribution in [2.45, 2.75) is 31.8 Å². The van der Waals surface area contributed by atoms with E-state index in [9.17, 15) is 14.7 Å². The van der Waals surface area contributed by atoms with E-state index in [1.165, 1.54) is 11.6 Å². The molecule has 0 spiro atoms. The molecule has 4 nitrogen and oxygen atoms in total. The summed E-state index contributed by atoms with van der Waals surface area (Å²) in [6.45, 7) is 2.68. The van der Waals surface area contributed by atoms with Crippen LogP contribution in [0.1, 0.15) is 62.7 Å². The molecule has 4 heteroatoms. The molecule has 0 aliphatic carbocycles. The van der Waals surface area contributed by atoms with Crippen molar-refractivity contribution in [3.05, 3.63) is 70.3 Å². The number of hydrogen-bond acceptors (Lipinski definition) is 3. The first-order chi connectivity index (χ1) is 11.1. The van der Waals surface area contributed by atoms with E-state index in [2.05, 4.69) is 13.0 Å². The van der Waals surface area contributed by atoms with Crippen molar-refractivity contribution >= 4 is 11.9 Å². The molecule has 0 N–H and O–H groups in total. The summed E-state index contributed by atoms with van der Waals surface area (Å²) in [6.07, 6.45) is 0.798. The molecule has 2 heterocycles. The molecule has 2 atom stereocenters. The highest BCUT2D eigenvalue weighted by molar-refractivity contribution is 6.07. The number of carboxylic acid groups (broad SMARTS) is 1. The summed E-state index contributed by atoms with van der Waals surface area (Å²) in [7, 11) is 0. The van der Waals surface area contributed by atoms with Gasteiger partial charge in [-0.2, -0.15) is 0 Å². The van der Waals surface area contributed by atoms with Crippen LogP contribution in [0, 0.1) is 0 Å². The first kappa shape index (κ1) is 14.0. The van der Waals surface area contributed by atoms with Crippen molar-refractivity contribution in [1.82, 2.24) is 4.90 Å². The molecule has 4 rings (SSSR count). The van der Waals surface area contributed by atoms with E-state index >= 15 is 0 Å². The van der Waals surface area contributed by atoms with E-state index < -0.39 is 5.97 Å². The summed E-state index contributed by atoms with van der Waals surface area (Å²) in [4.78, 5) is 26.0. The van der Waals surface area contributed by atoms with E-state index in [4.69, 9.17) is 0 Å². The number of aromatic carboxylic acids is 1. The third-order valence-corrected chi connectivity index (χ3v) is 5.03. The van der Waals surface area contributed by atoms with Crippen LogP contribution >= 0.6 is 0 Å². The predicted molar refractivity (Wildman–Crippen MR) is 82.9 cm³/mol. The number of carboxylic acids is 1. The monoisotopic (exact) mass is 306 g/mol. The maximum atomic E-state index is 12.9. The first-order valence-corrected chi connectivity index (χ1v) is 7.81. The maximum Gasteiger partial charge on any atom is 0.255 e. The highest BCUT2D eigenvalue weighted by Crippen LogP contribution is 2.45. The van der Waals surface area contributed by atoms with Crippen molar-refractivity contribution in [1.29, 1.82) is 0 Å². The minimum absolute atomic E-state index is 0.00140. The molecule has 2 unspecified atom stereocenters. The minimum Gasteiger partial charge on any atom is -0.545 e. The highest BCUT2D eigenvalue weighted by Gasteiger charge is 2.41. The number of carbonyl (C=O) groups excluding carboxylic acids is 2. The van der Waals surface area contributed by atoms with Gasteiger partial charge in [-0.05, 0) is 29.0 Å². The molecule has 0 bridgehead atoms. The van der Waals surface area contributed by atoms with Crippen LogP contribution in [0.25, 0.3) is 0 Å². The van der Waals surface area contributed by atoms with E-state index in [1.54, 1.807) is 11.0 Å². The molecule has 0 saturated carbocycles. The van der Waals surface area contributed by atoms with Crippen LogP contribution < -0.4 is 5.11 Å². The third-order valence-electron chi connectivity index (χ3n) is 5.03. The van der Waals surface area contributed by atoms with E-state index in [1.807, 2.05) is 24.3 Å². The Hall–Kier alpha value is -2.62. The first-order valence-electron chi connectivity index (χ1n) is 7.81. The second-order valence-electron chi connectivity index (χ2n) is 6.34. The summed E-state index contributed by atoms with van der Waals surface area (Å²) in [6, 6.07) is 13.1. The molecule has 2 aromatic carbocycles. The van der Waals surface area contributed by atoms with Crippen LogP contribution in [-0.2, 0) is 6.54 Å². The second kappa shape index (κ2) is 4.95. The number of rotatable bonds is 1. The van der Waals surface area contributed by atoms with Gasteiger partial charge in [0, 0.05) is 12.1 Å². The zero-order valence-electron chi connectivity index (χ0n) is 12.8. The molecule has 0 fully saturated rings. The van der Waals surface area contributed by atoms with Gasteiger partial charge in [-0.3, -0.25) is 4.79 Å². The van der Waals surface area contributed by atoms with Gasteiger partial charge in [-0.1, -0.05) is 49.4 Å². The molecule has 2 aliphatic heterocycles. The molecule has 2 aliphatic rings. The molecule has 0 radical (unpaired) electrons.